The van der Waals surface area contributed by atoms with Crippen LogP contribution in [0.1, 0.15) is 23.2 Å². The third kappa shape index (κ3) is 5.75. The topological polar surface area (TPSA) is 53.0 Å². The maximum atomic E-state index is 12.4. The first-order valence-electron chi connectivity index (χ1n) is 8.37. The molecule has 9 heteroatoms. The van der Waals surface area contributed by atoms with Gasteiger partial charge in [-0.3, -0.25) is 9.69 Å². The lowest BCUT2D eigenvalue weighted by molar-refractivity contribution is -0.274. The molecule has 1 N–H and O–H groups in total. The molecule has 1 atom stereocenters. The van der Waals surface area contributed by atoms with Crippen LogP contribution in [0, 0.1) is 5.92 Å². The van der Waals surface area contributed by atoms with E-state index < -0.39 is 6.36 Å². The molecule has 1 heterocycles. The van der Waals surface area contributed by atoms with Gasteiger partial charge in [0.05, 0.1) is 6.10 Å². The third-order valence-electron chi connectivity index (χ3n) is 4.61. The SMILES string of the molecule is Cl.O=C(c1ccc(OC(F)(F)F)cc1)N1CCN(CC(O)C2CC2)CC1. The van der Waals surface area contributed by atoms with Gasteiger partial charge in [-0.25, -0.2) is 0 Å². The van der Waals surface area contributed by atoms with Crippen LogP contribution < -0.4 is 4.74 Å². The quantitative estimate of drug-likeness (QED) is 0.834. The van der Waals surface area contributed by atoms with Crippen LogP contribution in [-0.2, 0) is 0 Å². The second kappa shape index (κ2) is 8.45. The highest BCUT2D eigenvalue weighted by atomic mass is 35.5. The first-order chi connectivity index (χ1) is 11.8. The van der Waals surface area contributed by atoms with Crippen molar-refractivity contribution in [3.8, 4) is 5.75 Å². The summed E-state index contributed by atoms with van der Waals surface area (Å²) in [5, 5.41) is 9.99. The highest BCUT2D eigenvalue weighted by molar-refractivity contribution is 5.94. The Balaban J connectivity index is 0.00000243. The lowest BCUT2D eigenvalue weighted by atomic mass is 10.1. The van der Waals surface area contributed by atoms with Gasteiger partial charge in [0.2, 0.25) is 0 Å². The molecule has 1 aliphatic heterocycles. The highest BCUT2D eigenvalue weighted by Crippen LogP contribution is 2.33. The van der Waals surface area contributed by atoms with Crippen molar-refractivity contribution in [2.75, 3.05) is 32.7 Å². The summed E-state index contributed by atoms with van der Waals surface area (Å²) < 4.78 is 40.3. The first kappa shape index (κ1) is 20.8. The van der Waals surface area contributed by atoms with E-state index in [0.717, 1.165) is 25.0 Å². The molecule has 1 saturated carbocycles. The average molecular weight is 395 g/mol. The van der Waals surface area contributed by atoms with Crippen molar-refractivity contribution in [1.29, 1.82) is 0 Å². The van der Waals surface area contributed by atoms with Crippen LogP contribution >= 0.6 is 12.4 Å². The van der Waals surface area contributed by atoms with Gasteiger partial charge in [-0.05, 0) is 43.0 Å². The van der Waals surface area contributed by atoms with E-state index in [4.69, 9.17) is 0 Å². The molecule has 2 fully saturated rings. The number of aliphatic hydroxyl groups is 1. The van der Waals surface area contributed by atoms with E-state index in [-0.39, 0.29) is 30.2 Å². The van der Waals surface area contributed by atoms with Crippen LogP contribution in [0.5, 0.6) is 5.75 Å². The molecular formula is C17H22ClF3N2O3. The number of amides is 1. The van der Waals surface area contributed by atoms with Crippen LogP contribution in [0.3, 0.4) is 0 Å². The number of carbonyl (C=O) groups excluding carboxylic acids is 1. The van der Waals surface area contributed by atoms with Crippen LogP contribution in [0.2, 0.25) is 0 Å². The van der Waals surface area contributed by atoms with E-state index in [1.807, 2.05) is 0 Å². The van der Waals surface area contributed by atoms with E-state index in [1.165, 1.54) is 12.1 Å². The number of alkyl halides is 3. The molecule has 0 radical (unpaired) electrons. The predicted molar refractivity (Wildman–Crippen MR) is 91.4 cm³/mol. The number of ether oxygens (including phenoxy) is 1. The summed E-state index contributed by atoms with van der Waals surface area (Å²) in [4.78, 5) is 16.3. The summed E-state index contributed by atoms with van der Waals surface area (Å²) in [5.41, 5.74) is 0.334. The molecule has 5 nitrogen and oxygen atoms in total. The van der Waals surface area contributed by atoms with E-state index >= 15 is 0 Å². The number of benzene rings is 1. The van der Waals surface area contributed by atoms with E-state index in [9.17, 15) is 23.1 Å². The molecule has 0 aromatic heterocycles. The van der Waals surface area contributed by atoms with Crippen LogP contribution in [0.4, 0.5) is 13.2 Å². The van der Waals surface area contributed by atoms with Crippen LogP contribution in [-0.4, -0.2) is 66.0 Å². The van der Waals surface area contributed by atoms with Crippen LogP contribution in [0.15, 0.2) is 24.3 Å². The second-order valence-corrected chi connectivity index (χ2v) is 6.57. The Morgan fingerprint density at radius 2 is 1.73 bits per heavy atom. The molecule has 1 aliphatic carbocycles. The van der Waals surface area contributed by atoms with Gasteiger partial charge in [0, 0.05) is 38.3 Å². The normalized spacial score (nSPS) is 19.6. The number of piperazine rings is 1. The third-order valence-corrected chi connectivity index (χ3v) is 4.61. The monoisotopic (exact) mass is 394 g/mol. The largest absolute Gasteiger partial charge is 0.573 e. The fourth-order valence-corrected chi connectivity index (χ4v) is 3.01. The number of rotatable bonds is 5. The molecule has 3 rings (SSSR count). The Morgan fingerprint density at radius 1 is 1.15 bits per heavy atom. The molecule has 0 spiro atoms. The number of aliphatic hydroxyl groups excluding tert-OH is 1. The smallest absolute Gasteiger partial charge is 0.406 e. The van der Waals surface area contributed by atoms with E-state index in [1.54, 1.807) is 4.90 Å². The van der Waals surface area contributed by atoms with Gasteiger partial charge >= 0.3 is 6.36 Å². The molecule has 1 unspecified atom stereocenters. The molecule has 1 amide bonds. The Hall–Kier alpha value is -1.51. The standard InChI is InChI=1S/C17H21F3N2O3.ClH/c18-17(19,20)25-14-5-3-13(4-6-14)16(24)22-9-7-21(8-10-22)11-15(23)12-1-2-12;/h3-6,12,15,23H,1-2,7-11H2;1H. The van der Waals surface area contributed by atoms with Gasteiger partial charge in [-0.2, -0.15) is 0 Å². The number of hydrogen-bond acceptors (Lipinski definition) is 4. The number of nitrogens with zero attached hydrogens (tertiary/aromatic N) is 2. The molecule has 0 bridgehead atoms. The van der Waals surface area contributed by atoms with Gasteiger partial charge in [0.15, 0.2) is 0 Å². The Morgan fingerprint density at radius 3 is 2.23 bits per heavy atom. The summed E-state index contributed by atoms with van der Waals surface area (Å²) in [6.07, 6.45) is -2.85. The number of carbonyl (C=O) groups is 1. The maximum Gasteiger partial charge on any atom is 0.573 e. The van der Waals surface area contributed by atoms with Crippen LogP contribution in [0.25, 0.3) is 0 Å². The van der Waals surface area contributed by atoms with E-state index in [2.05, 4.69) is 9.64 Å². The molecule has 1 aromatic carbocycles. The van der Waals surface area contributed by atoms with Gasteiger partial charge in [-0.15, -0.1) is 25.6 Å². The molecule has 2 aliphatic rings. The fraction of sp³-hybridized carbons (Fsp3) is 0.588. The minimum absolute atomic E-state index is 0. The van der Waals surface area contributed by atoms with Gasteiger partial charge < -0.3 is 14.7 Å². The van der Waals surface area contributed by atoms with E-state index in [0.29, 0.717) is 44.2 Å². The minimum atomic E-state index is -4.74. The summed E-state index contributed by atoms with van der Waals surface area (Å²) in [6, 6.07) is 4.96. The minimum Gasteiger partial charge on any atom is -0.406 e. The second-order valence-electron chi connectivity index (χ2n) is 6.57. The Bertz CT molecular complexity index is 600. The van der Waals surface area contributed by atoms with Crippen molar-refractivity contribution in [1.82, 2.24) is 9.80 Å². The maximum absolute atomic E-state index is 12.4. The molecule has 26 heavy (non-hydrogen) atoms. The fourth-order valence-electron chi connectivity index (χ4n) is 3.01. The zero-order chi connectivity index (χ0) is 18.0. The number of halogens is 4. The lowest BCUT2D eigenvalue weighted by Crippen LogP contribution is -2.50. The number of hydrogen-bond donors (Lipinski definition) is 1. The van der Waals surface area contributed by atoms with Crippen molar-refractivity contribution in [3.05, 3.63) is 29.8 Å². The Kier molecular flexibility index (Phi) is 6.76. The zero-order valence-corrected chi connectivity index (χ0v) is 14.9. The highest BCUT2D eigenvalue weighted by Gasteiger charge is 2.33. The van der Waals surface area contributed by atoms with Gasteiger partial charge in [-0.1, -0.05) is 0 Å². The average Bonchev–Trinajstić information content (AvgIpc) is 3.39. The van der Waals surface area contributed by atoms with Crippen molar-refractivity contribution in [2.45, 2.75) is 25.3 Å². The van der Waals surface area contributed by atoms with Crippen molar-refractivity contribution in [3.63, 3.8) is 0 Å². The van der Waals surface area contributed by atoms with Crippen molar-refractivity contribution < 1.29 is 27.8 Å². The van der Waals surface area contributed by atoms with Gasteiger partial charge in [0.25, 0.3) is 5.91 Å². The van der Waals surface area contributed by atoms with Crippen molar-refractivity contribution in [2.24, 2.45) is 5.92 Å². The molecule has 1 saturated heterocycles. The zero-order valence-electron chi connectivity index (χ0n) is 14.1. The summed E-state index contributed by atoms with van der Waals surface area (Å²) in [6.45, 7) is 3.08. The Labute approximate surface area is 156 Å². The summed E-state index contributed by atoms with van der Waals surface area (Å²) in [5.74, 6) is -0.124. The lowest BCUT2D eigenvalue weighted by Gasteiger charge is -2.35. The predicted octanol–water partition coefficient (Wildman–Crippen LogP) is 2.54. The number of β-amino-alcohol motifs (C(OH)–C–C–N with tert-alkyl or cyclic N) is 1. The molecule has 146 valence electrons. The van der Waals surface area contributed by atoms with Gasteiger partial charge in [0.1, 0.15) is 5.75 Å². The van der Waals surface area contributed by atoms with Crippen molar-refractivity contribution >= 4 is 18.3 Å². The summed E-state index contributed by atoms with van der Waals surface area (Å²) >= 11 is 0. The first-order valence-corrected chi connectivity index (χ1v) is 8.37. The molecule has 1 aromatic rings. The molecular weight excluding hydrogens is 373 g/mol. The summed E-state index contributed by atoms with van der Waals surface area (Å²) in [7, 11) is 0.